The first-order chi connectivity index (χ1) is 10.1. The summed E-state index contributed by atoms with van der Waals surface area (Å²) in [6, 6.07) is 6.07. The molecular formula is C15H15BrClFN2O. The third-order valence-electron chi connectivity index (χ3n) is 2.67. The van der Waals surface area contributed by atoms with Crippen LogP contribution in [0.1, 0.15) is 18.9 Å². The Hall–Kier alpha value is -1.17. The Bertz CT molecular complexity index is 604. The highest BCUT2D eigenvalue weighted by molar-refractivity contribution is 9.10. The molecule has 0 aliphatic rings. The molecule has 0 fully saturated rings. The fraction of sp³-hybridized carbons (Fsp3) is 0.267. The highest BCUT2D eigenvalue weighted by Gasteiger charge is 2.08. The summed E-state index contributed by atoms with van der Waals surface area (Å²) >= 11 is 9.36. The van der Waals surface area contributed by atoms with Crippen LogP contribution in [0, 0.1) is 5.82 Å². The molecule has 1 aromatic carbocycles. The molecule has 2 aromatic rings. The van der Waals surface area contributed by atoms with Crippen LogP contribution in [0.15, 0.2) is 34.9 Å². The van der Waals surface area contributed by atoms with E-state index in [1.807, 2.05) is 0 Å². The van der Waals surface area contributed by atoms with E-state index < -0.39 is 5.82 Å². The molecule has 3 nitrogen and oxygen atoms in total. The lowest BCUT2D eigenvalue weighted by Gasteiger charge is -2.09. The Morgan fingerprint density at radius 2 is 2.14 bits per heavy atom. The van der Waals surface area contributed by atoms with Crippen molar-refractivity contribution < 1.29 is 9.13 Å². The van der Waals surface area contributed by atoms with Crippen molar-refractivity contribution >= 4 is 27.5 Å². The van der Waals surface area contributed by atoms with Gasteiger partial charge in [0.2, 0.25) is 5.88 Å². The largest absolute Gasteiger partial charge is 0.437 e. The summed E-state index contributed by atoms with van der Waals surface area (Å²) in [5.74, 6) is 0.206. The van der Waals surface area contributed by atoms with Crippen LogP contribution in [0.2, 0.25) is 5.02 Å². The fourth-order valence-corrected chi connectivity index (χ4v) is 2.42. The van der Waals surface area contributed by atoms with Gasteiger partial charge < -0.3 is 10.1 Å². The maximum Gasteiger partial charge on any atom is 0.238 e. The predicted octanol–water partition coefficient (Wildman–Crippen LogP) is 4.93. The average molecular weight is 374 g/mol. The van der Waals surface area contributed by atoms with Crippen LogP contribution in [-0.4, -0.2) is 11.5 Å². The maximum absolute atomic E-state index is 13.3. The Balaban J connectivity index is 2.10. The van der Waals surface area contributed by atoms with Gasteiger partial charge in [0.05, 0.1) is 0 Å². The zero-order chi connectivity index (χ0) is 15.2. The summed E-state index contributed by atoms with van der Waals surface area (Å²) in [5, 5.41) is 3.66. The molecule has 21 heavy (non-hydrogen) atoms. The number of halogens is 3. The Morgan fingerprint density at radius 3 is 2.81 bits per heavy atom. The number of benzene rings is 1. The van der Waals surface area contributed by atoms with E-state index in [2.05, 4.69) is 33.2 Å². The third kappa shape index (κ3) is 4.95. The van der Waals surface area contributed by atoms with Crippen LogP contribution in [0.3, 0.4) is 0 Å². The lowest BCUT2D eigenvalue weighted by atomic mass is 10.3. The SMILES string of the molecule is CCCNCc1cnc(Oc2cc(F)cc(Br)c2)c(Cl)c1. The van der Waals surface area contributed by atoms with Gasteiger partial charge in [0.1, 0.15) is 16.6 Å². The van der Waals surface area contributed by atoms with E-state index in [4.69, 9.17) is 16.3 Å². The topological polar surface area (TPSA) is 34.2 Å². The zero-order valence-electron chi connectivity index (χ0n) is 11.5. The van der Waals surface area contributed by atoms with Crippen molar-refractivity contribution in [3.63, 3.8) is 0 Å². The molecule has 0 unspecified atom stereocenters. The number of nitrogens with one attached hydrogen (secondary N) is 1. The van der Waals surface area contributed by atoms with Crippen LogP contribution in [-0.2, 0) is 6.54 Å². The van der Waals surface area contributed by atoms with Crippen molar-refractivity contribution in [1.82, 2.24) is 10.3 Å². The van der Waals surface area contributed by atoms with E-state index in [0.717, 1.165) is 18.5 Å². The molecule has 2 rings (SSSR count). The maximum atomic E-state index is 13.3. The second kappa shape index (κ2) is 7.73. The number of hydrogen-bond donors (Lipinski definition) is 1. The molecular weight excluding hydrogens is 359 g/mol. The fourth-order valence-electron chi connectivity index (χ4n) is 1.75. The van der Waals surface area contributed by atoms with Crippen molar-refractivity contribution in [3.05, 3.63) is 51.3 Å². The Kier molecular flexibility index (Phi) is 5.96. The standard InChI is InChI=1S/C15H15BrClFN2O/c1-2-3-19-8-10-4-14(17)15(20-9-10)21-13-6-11(16)5-12(18)7-13/h4-7,9,19H,2-3,8H2,1H3. The van der Waals surface area contributed by atoms with E-state index in [1.54, 1.807) is 18.3 Å². The van der Waals surface area contributed by atoms with Crippen LogP contribution in [0.25, 0.3) is 0 Å². The summed E-state index contributed by atoms with van der Waals surface area (Å²) in [7, 11) is 0. The summed E-state index contributed by atoms with van der Waals surface area (Å²) in [5.41, 5.74) is 0.973. The Morgan fingerprint density at radius 1 is 1.33 bits per heavy atom. The normalized spacial score (nSPS) is 10.7. The molecule has 1 heterocycles. The van der Waals surface area contributed by atoms with Crippen LogP contribution in [0.5, 0.6) is 11.6 Å². The molecule has 1 N–H and O–H groups in total. The van der Waals surface area contributed by atoms with Crippen LogP contribution >= 0.6 is 27.5 Å². The first kappa shape index (κ1) is 16.2. The quantitative estimate of drug-likeness (QED) is 0.729. The van der Waals surface area contributed by atoms with Gasteiger partial charge in [0, 0.05) is 23.3 Å². The van der Waals surface area contributed by atoms with Crippen molar-refractivity contribution in [2.24, 2.45) is 0 Å². The lowest BCUT2D eigenvalue weighted by Crippen LogP contribution is -2.13. The minimum atomic E-state index is -0.393. The lowest BCUT2D eigenvalue weighted by molar-refractivity contribution is 0.457. The second-order valence-corrected chi connectivity index (χ2v) is 5.84. The minimum absolute atomic E-state index is 0.258. The first-order valence-electron chi connectivity index (χ1n) is 6.57. The first-order valence-corrected chi connectivity index (χ1v) is 7.74. The number of pyridine rings is 1. The number of hydrogen-bond acceptors (Lipinski definition) is 3. The van der Waals surface area contributed by atoms with E-state index in [-0.39, 0.29) is 5.88 Å². The van der Waals surface area contributed by atoms with Crippen molar-refractivity contribution in [3.8, 4) is 11.6 Å². The average Bonchev–Trinajstić information content (AvgIpc) is 2.41. The summed E-state index contributed by atoms with van der Waals surface area (Å²) < 4.78 is 19.4. The summed E-state index contributed by atoms with van der Waals surface area (Å²) in [6.07, 6.45) is 2.76. The third-order valence-corrected chi connectivity index (χ3v) is 3.40. The van der Waals surface area contributed by atoms with Crippen molar-refractivity contribution in [1.29, 1.82) is 0 Å². The molecule has 1 aromatic heterocycles. The van der Waals surface area contributed by atoms with E-state index in [9.17, 15) is 4.39 Å². The molecule has 0 atom stereocenters. The van der Waals surface area contributed by atoms with E-state index in [1.165, 1.54) is 12.1 Å². The number of ether oxygens (including phenoxy) is 1. The predicted molar refractivity (Wildman–Crippen MR) is 85.4 cm³/mol. The minimum Gasteiger partial charge on any atom is -0.437 e. The molecule has 0 aliphatic carbocycles. The Labute approximate surface area is 136 Å². The zero-order valence-corrected chi connectivity index (χ0v) is 13.8. The van der Waals surface area contributed by atoms with Gasteiger partial charge in [-0.15, -0.1) is 0 Å². The van der Waals surface area contributed by atoms with Crippen molar-refractivity contribution in [2.45, 2.75) is 19.9 Å². The van der Waals surface area contributed by atoms with Gasteiger partial charge >= 0.3 is 0 Å². The number of aromatic nitrogens is 1. The highest BCUT2D eigenvalue weighted by atomic mass is 79.9. The summed E-state index contributed by atoms with van der Waals surface area (Å²) in [6.45, 7) is 3.74. The highest BCUT2D eigenvalue weighted by Crippen LogP contribution is 2.29. The molecule has 0 spiro atoms. The smallest absolute Gasteiger partial charge is 0.238 e. The van der Waals surface area contributed by atoms with E-state index in [0.29, 0.717) is 21.8 Å². The number of rotatable bonds is 6. The van der Waals surface area contributed by atoms with Gasteiger partial charge in [-0.25, -0.2) is 9.37 Å². The van der Waals surface area contributed by atoms with Gasteiger partial charge in [0.15, 0.2) is 0 Å². The number of nitrogens with zero attached hydrogens (tertiary/aromatic N) is 1. The molecule has 0 amide bonds. The summed E-state index contributed by atoms with van der Waals surface area (Å²) in [4.78, 5) is 4.18. The van der Waals surface area contributed by atoms with Crippen LogP contribution in [0.4, 0.5) is 4.39 Å². The van der Waals surface area contributed by atoms with Crippen molar-refractivity contribution in [2.75, 3.05) is 6.54 Å². The molecule has 0 bridgehead atoms. The monoisotopic (exact) mass is 372 g/mol. The van der Waals surface area contributed by atoms with Gasteiger partial charge in [-0.05, 0) is 36.7 Å². The van der Waals surface area contributed by atoms with Gasteiger partial charge in [-0.3, -0.25) is 0 Å². The second-order valence-electron chi connectivity index (χ2n) is 4.51. The molecule has 0 aliphatic heterocycles. The molecule has 0 saturated carbocycles. The van der Waals surface area contributed by atoms with Gasteiger partial charge in [0.25, 0.3) is 0 Å². The van der Waals surface area contributed by atoms with Gasteiger partial charge in [-0.2, -0.15) is 0 Å². The molecule has 112 valence electrons. The molecule has 0 radical (unpaired) electrons. The molecule has 0 saturated heterocycles. The van der Waals surface area contributed by atoms with Gasteiger partial charge in [-0.1, -0.05) is 34.5 Å². The van der Waals surface area contributed by atoms with Crippen LogP contribution < -0.4 is 10.1 Å². The van der Waals surface area contributed by atoms with E-state index >= 15 is 0 Å². The molecule has 6 heteroatoms.